The van der Waals surface area contributed by atoms with Crippen LogP contribution in [0.2, 0.25) is 0 Å². The zero-order valence-corrected chi connectivity index (χ0v) is 7.87. The molecule has 2 N–H and O–H groups in total. The fraction of sp³-hybridized carbons (Fsp3) is 0.182. The lowest BCUT2D eigenvalue weighted by atomic mass is 10.0. The molecule has 0 heterocycles. The molecule has 1 amide bonds. The number of hydrogen-bond donors (Lipinski definition) is 1. The quantitative estimate of drug-likeness (QED) is 0.684. The molecule has 0 bridgehead atoms. The Labute approximate surface area is 78.1 Å². The summed E-state index contributed by atoms with van der Waals surface area (Å²) in [5.74, 6) is -0.414. The van der Waals surface area contributed by atoms with Crippen molar-refractivity contribution in [1.29, 1.82) is 0 Å². The molecule has 1 rings (SSSR count). The Hall–Kier alpha value is -1.57. The number of carbonyl (C=O) groups excluding carboxylic acids is 1. The average molecular weight is 175 g/mol. The van der Waals surface area contributed by atoms with Gasteiger partial charge in [0.25, 0.3) is 0 Å². The minimum Gasteiger partial charge on any atom is -0.366 e. The highest BCUT2D eigenvalue weighted by atomic mass is 16.1. The van der Waals surface area contributed by atoms with E-state index in [0.717, 1.165) is 16.7 Å². The molecular formula is C11H13NO. The van der Waals surface area contributed by atoms with Crippen LogP contribution in [0.1, 0.15) is 16.7 Å². The maximum atomic E-state index is 10.5. The molecule has 0 aliphatic carbocycles. The van der Waals surface area contributed by atoms with Crippen molar-refractivity contribution in [1.82, 2.24) is 0 Å². The molecule has 2 nitrogen and oxygen atoms in total. The Morgan fingerprint density at radius 3 is 2.31 bits per heavy atom. The first kappa shape index (κ1) is 9.52. The molecule has 0 unspecified atom stereocenters. The number of aryl methyl sites for hydroxylation is 2. The molecule has 0 fully saturated rings. The van der Waals surface area contributed by atoms with Crippen LogP contribution >= 0.6 is 0 Å². The van der Waals surface area contributed by atoms with Crippen LogP contribution in [0.4, 0.5) is 0 Å². The summed E-state index contributed by atoms with van der Waals surface area (Å²) in [7, 11) is 0. The first-order chi connectivity index (χ1) is 6.11. The van der Waals surface area contributed by atoms with Crippen molar-refractivity contribution in [3.05, 3.63) is 41.0 Å². The van der Waals surface area contributed by atoms with Crippen LogP contribution in [-0.4, -0.2) is 5.91 Å². The minimum atomic E-state index is -0.414. The molecule has 0 aliphatic heterocycles. The Morgan fingerprint density at radius 2 is 1.85 bits per heavy atom. The summed E-state index contributed by atoms with van der Waals surface area (Å²) in [5, 5.41) is 0. The van der Waals surface area contributed by atoms with E-state index >= 15 is 0 Å². The number of hydrogen-bond acceptors (Lipinski definition) is 1. The monoisotopic (exact) mass is 175 g/mol. The first-order valence-corrected chi connectivity index (χ1v) is 4.15. The number of nitrogens with two attached hydrogens (primary N) is 1. The third-order valence-corrected chi connectivity index (χ3v) is 1.96. The van der Waals surface area contributed by atoms with Crippen molar-refractivity contribution in [3.8, 4) is 0 Å². The van der Waals surface area contributed by atoms with Gasteiger partial charge in [-0.25, -0.2) is 0 Å². The van der Waals surface area contributed by atoms with Gasteiger partial charge in [-0.2, -0.15) is 0 Å². The molecule has 13 heavy (non-hydrogen) atoms. The van der Waals surface area contributed by atoms with Gasteiger partial charge in [0, 0.05) is 6.08 Å². The zero-order valence-electron chi connectivity index (χ0n) is 7.87. The van der Waals surface area contributed by atoms with E-state index in [1.807, 2.05) is 32.0 Å². The summed E-state index contributed by atoms with van der Waals surface area (Å²) >= 11 is 0. The fourth-order valence-corrected chi connectivity index (χ4v) is 1.26. The van der Waals surface area contributed by atoms with Gasteiger partial charge in [-0.1, -0.05) is 18.2 Å². The van der Waals surface area contributed by atoms with Gasteiger partial charge >= 0.3 is 0 Å². The summed E-state index contributed by atoms with van der Waals surface area (Å²) < 4.78 is 0. The minimum absolute atomic E-state index is 0.414. The molecule has 0 saturated carbocycles. The maximum Gasteiger partial charge on any atom is 0.241 e. The van der Waals surface area contributed by atoms with Crippen molar-refractivity contribution in [2.24, 2.45) is 5.73 Å². The summed E-state index contributed by atoms with van der Waals surface area (Å²) in [6, 6.07) is 6.01. The first-order valence-electron chi connectivity index (χ1n) is 4.15. The largest absolute Gasteiger partial charge is 0.366 e. The molecule has 0 aliphatic rings. The number of primary amides is 1. The van der Waals surface area contributed by atoms with Crippen LogP contribution < -0.4 is 5.73 Å². The van der Waals surface area contributed by atoms with E-state index in [1.54, 1.807) is 6.08 Å². The maximum absolute atomic E-state index is 10.5. The van der Waals surface area contributed by atoms with Gasteiger partial charge in [0.15, 0.2) is 0 Å². The lowest BCUT2D eigenvalue weighted by Gasteiger charge is -2.03. The smallest absolute Gasteiger partial charge is 0.241 e. The summed E-state index contributed by atoms with van der Waals surface area (Å²) in [6.45, 7) is 4.02. The van der Waals surface area contributed by atoms with Crippen molar-refractivity contribution in [2.75, 3.05) is 0 Å². The molecule has 0 spiro atoms. The number of rotatable bonds is 2. The van der Waals surface area contributed by atoms with E-state index < -0.39 is 5.91 Å². The van der Waals surface area contributed by atoms with Gasteiger partial charge in [0.2, 0.25) is 5.91 Å². The van der Waals surface area contributed by atoms with Crippen LogP contribution in [0.3, 0.4) is 0 Å². The molecule has 0 aromatic heterocycles. The van der Waals surface area contributed by atoms with Crippen LogP contribution in [-0.2, 0) is 4.79 Å². The van der Waals surface area contributed by atoms with Gasteiger partial charge < -0.3 is 5.73 Å². The Balaban J connectivity index is 3.06. The van der Waals surface area contributed by atoms with E-state index in [-0.39, 0.29) is 0 Å². The number of carbonyl (C=O) groups is 1. The summed E-state index contributed by atoms with van der Waals surface area (Å²) in [4.78, 5) is 10.5. The molecule has 2 heteroatoms. The fourth-order valence-electron chi connectivity index (χ4n) is 1.26. The van der Waals surface area contributed by atoms with Crippen LogP contribution in [0, 0.1) is 13.8 Å². The Morgan fingerprint density at radius 1 is 1.31 bits per heavy atom. The van der Waals surface area contributed by atoms with E-state index in [1.165, 1.54) is 6.08 Å². The molecule has 0 radical (unpaired) electrons. The average Bonchev–Trinajstić information content (AvgIpc) is 2.03. The van der Waals surface area contributed by atoms with E-state index in [2.05, 4.69) is 0 Å². The van der Waals surface area contributed by atoms with Gasteiger partial charge in [-0.05, 0) is 36.6 Å². The lowest BCUT2D eigenvalue weighted by Crippen LogP contribution is -2.05. The van der Waals surface area contributed by atoms with Crippen molar-refractivity contribution in [3.63, 3.8) is 0 Å². The third-order valence-electron chi connectivity index (χ3n) is 1.96. The topological polar surface area (TPSA) is 43.1 Å². The van der Waals surface area contributed by atoms with Gasteiger partial charge in [0.1, 0.15) is 0 Å². The molecule has 0 saturated heterocycles. The normalized spacial score (nSPS) is 10.6. The SMILES string of the molecule is Cc1cccc(C)c1C=CC(N)=O. The van der Waals surface area contributed by atoms with Crippen molar-refractivity contribution in [2.45, 2.75) is 13.8 Å². The standard InChI is InChI=1S/C11H13NO/c1-8-4-3-5-9(2)10(8)6-7-11(12)13/h3-7H,1-2H3,(H2,12,13). The highest BCUT2D eigenvalue weighted by Crippen LogP contribution is 2.14. The summed E-state index contributed by atoms with van der Waals surface area (Å²) in [5.41, 5.74) is 8.39. The number of amides is 1. The third kappa shape index (κ3) is 2.44. The van der Waals surface area contributed by atoms with Gasteiger partial charge in [-0.3, -0.25) is 4.79 Å². The Kier molecular flexibility index (Phi) is 2.85. The van der Waals surface area contributed by atoms with Crippen LogP contribution in [0.5, 0.6) is 0 Å². The number of benzene rings is 1. The second kappa shape index (κ2) is 3.90. The molecular weight excluding hydrogens is 162 g/mol. The van der Waals surface area contributed by atoms with E-state index in [9.17, 15) is 4.79 Å². The molecule has 0 atom stereocenters. The molecule has 1 aromatic carbocycles. The van der Waals surface area contributed by atoms with Crippen molar-refractivity contribution < 1.29 is 4.79 Å². The lowest BCUT2D eigenvalue weighted by molar-refractivity contribution is -0.113. The highest BCUT2D eigenvalue weighted by Gasteiger charge is 1.97. The second-order valence-electron chi connectivity index (χ2n) is 3.04. The van der Waals surface area contributed by atoms with Crippen molar-refractivity contribution >= 4 is 12.0 Å². The molecule has 68 valence electrons. The van der Waals surface area contributed by atoms with Gasteiger partial charge in [0.05, 0.1) is 0 Å². The van der Waals surface area contributed by atoms with Crippen LogP contribution in [0.15, 0.2) is 24.3 Å². The zero-order chi connectivity index (χ0) is 9.84. The Bertz CT molecular complexity index is 333. The van der Waals surface area contributed by atoms with Crippen LogP contribution in [0.25, 0.3) is 6.08 Å². The highest BCUT2D eigenvalue weighted by molar-refractivity contribution is 5.90. The predicted molar refractivity (Wildman–Crippen MR) is 54.1 cm³/mol. The van der Waals surface area contributed by atoms with Gasteiger partial charge in [-0.15, -0.1) is 0 Å². The summed E-state index contributed by atoms with van der Waals surface area (Å²) in [6.07, 6.45) is 3.14. The van der Waals surface area contributed by atoms with E-state index in [4.69, 9.17) is 5.73 Å². The second-order valence-corrected chi connectivity index (χ2v) is 3.04. The van der Waals surface area contributed by atoms with E-state index in [0.29, 0.717) is 0 Å². The predicted octanol–water partition coefficient (Wildman–Crippen LogP) is 1.80. The molecule has 1 aromatic rings.